The molecule has 3 amide bonds. The van der Waals surface area contributed by atoms with Gasteiger partial charge < -0.3 is 24.4 Å². The average Bonchev–Trinajstić information content (AvgIpc) is 3.00. The second-order valence-corrected chi connectivity index (χ2v) is 7.06. The Labute approximate surface area is 154 Å². The van der Waals surface area contributed by atoms with Gasteiger partial charge in [0.25, 0.3) is 0 Å². The Bertz CT molecular complexity index is 639. The summed E-state index contributed by atoms with van der Waals surface area (Å²) in [5.74, 6) is 0.0708. The molecule has 0 aromatic carbocycles. The van der Waals surface area contributed by atoms with E-state index in [1.165, 1.54) is 0 Å². The van der Waals surface area contributed by atoms with Gasteiger partial charge >= 0.3 is 6.03 Å². The Kier molecular flexibility index (Phi) is 6.13. The van der Waals surface area contributed by atoms with Crippen LogP contribution in [0.5, 0.6) is 0 Å². The van der Waals surface area contributed by atoms with Gasteiger partial charge in [0, 0.05) is 45.0 Å². The second kappa shape index (κ2) is 8.53. The average molecular weight is 363 g/mol. The summed E-state index contributed by atoms with van der Waals surface area (Å²) in [5.41, 5.74) is 2.13. The summed E-state index contributed by atoms with van der Waals surface area (Å²) in [7, 11) is 0. The third-order valence-corrected chi connectivity index (χ3v) is 5.35. The molecule has 0 radical (unpaired) electrons. The standard InChI is InChI=1S/C18H29N5O3/c1-14-15(2)23(13-20-14)7-5-19-18(25)22-6-3-4-16(12-22)17(24)21-8-10-26-11-9-21/h13,16H,3-12H2,1-2H3,(H,19,25)/t16-/m0/s1. The fraction of sp³-hybridized carbons (Fsp3) is 0.722. The molecule has 1 aromatic rings. The van der Waals surface area contributed by atoms with Gasteiger partial charge in [-0.1, -0.05) is 0 Å². The van der Waals surface area contributed by atoms with E-state index >= 15 is 0 Å². The Morgan fingerprint density at radius 3 is 2.69 bits per heavy atom. The van der Waals surface area contributed by atoms with Crippen LogP contribution in [0.2, 0.25) is 0 Å². The van der Waals surface area contributed by atoms with Crippen LogP contribution >= 0.6 is 0 Å². The van der Waals surface area contributed by atoms with Crippen molar-refractivity contribution in [2.24, 2.45) is 5.92 Å². The molecule has 0 bridgehead atoms. The molecule has 1 aromatic heterocycles. The van der Waals surface area contributed by atoms with Crippen molar-refractivity contribution in [3.63, 3.8) is 0 Å². The first-order chi connectivity index (χ1) is 12.6. The van der Waals surface area contributed by atoms with E-state index in [9.17, 15) is 9.59 Å². The number of hydrogen-bond donors (Lipinski definition) is 1. The summed E-state index contributed by atoms with van der Waals surface area (Å²) in [6.07, 6.45) is 3.52. The lowest BCUT2D eigenvalue weighted by molar-refractivity contribution is -0.141. The number of likely N-dealkylation sites (tertiary alicyclic amines) is 1. The molecule has 2 saturated heterocycles. The molecule has 8 nitrogen and oxygen atoms in total. The third-order valence-electron chi connectivity index (χ3n) is 5.35. The van der Waals surface area contributed by atoms with Crippen LogP contribution in [0.4, 0.5) is 4.79 Å². The summed E-state index contributed by atoms with van der Waals surface area (Å²) < 4.78 is 7.35. The number of amides is 3. The summed E-state index contributed by atoms with van der Waals surface area (Å²) >= 11 is 0. The van der Waals surface area contributed by atoms with Crippen molar-refractivity contribution >= 4 is 11.9 Å². The molecule has 3 heterocycles. The SMILES string of the molecule is Cc1ncn(CCNC(=O)N2CCC[C@H](C(=O)N3CCOCC3)C2)c1C. The molecule has 2 aliphatic heterocycles. The molecule has 3 rings (SSSR count). The predicted octanol–water partition coefficient (Wildman–Crippen LogP) is 0.780. The van der Waals surface area contributed by atoms with Crippen LogP contribution in [-0.2, 0) is 16.1 Å². The van der Waals surface area contributed by atoms with Gasteiger partial charge in [-0.15, -0.1) is 0 Å². The number of morpholine rings is 1. The molecule has 0 aliphatic carbocycles. The zero-order valence-corrected chi connectivity index (χ0v) is 15.7. The predicted molar refractivity (Wildman–Crippen MR) is 96.8 cm³/mol. The van der Waals surface area contributed by atoms with Gasteiger partial charge in [-0.05, 0) is 26.7 Å². The number of urea groups is 1. The highest BCUT2D eigenvalue weighted by molar-refractivity contribution is 5.81. The van der Waals surface area contributed by atoms with Crippen LogP contribution < -0.4 is 5.32 Å². The summed E-state index contributed by atoms with van der Waals surface area (Å²) in [5, 5.41) is 2.97. The van der Waals surface area contributed by atoms with E-state index in [1.807, 2.05) is 23.3 Å². The molecule has 26 heavy (non-hydrogen) atoms. The molecular weight excluding hydrogens is 334 g/mol. The van der Waals surface area contributed by atoms with Crippen LogP contribution in [0.15, 0.2) is 6.33 Å². The van der Waals surface area contributed by atoms with E-state index in [1.54, 1.807) is 11.2 Å². The Balaban J connectivity index is 1.46. The number of hydrogen-bond acceptors (Lipinski definition) is 4. The number of rotatable bonds is 4. The lowest BCUT2D eigenvalue weighted by Crippen LogP contribution is -2.51. The van der Waals surface area contributed by atoms with Crippen molar-refractivity contribution in [2.45, 2.75) is 33.2 Å². The van der Waals surface area contributed by atoms with Gasteiger partial charge in [0.15, 0.2) is 0 Å². The van der Waals surface area contributed by atoms with Gasteiger partial charge in [0.1, 0.15) is 0 Å². The molecule has 8 heteroatoms. The van der Waals surface area contributed by atoms with Crippen LogP contribution in [0.1, 0.15) is 24.2 Å². The molecular formula is C18H29N5O3. The molecule has 0 saturated carbocycles. The first kappa shape index (κ1) is 18.7. The molecule has 0 unspecified atom stereocenters. The fourth-order valence-electron chi connectivity index (χ4n) is 3.57. The number of ether oxygens (including phenoxy) is 1. The number of carbonyl (C=O) groups is 2. The number of carbonyl (C=O) groups excluding carboxylic acids is 2. The van der Waals surface area contributed by atoms with Crippen molar-refractivity contribution in [1.29, 1.82) is 0 Å². The highest BCUT2D eigenvalue weighted by Crippen LogP contribution is 2.19. The van der Waals surface area contributed by atoms with Crippen molar-refractivity contribution in [3.8, 4) is 0 Å². The number of aryl methyl sites for hydroxylation is 1. The van der Waals surface area contributed by atoms with Gasteiger partial charge in [0.2, 0.25) is 5.91 Å². The Hall–Kier alpha value is -2.09. The second-order valence-electron chi connectivity index (χ2n) is 7.06. The lowest BCUT2D eigenvalue weighted by Gasteiger charge is -2.36. The maximum atomic E-state index is 12.7. The first-order valence-corrected chi connectivity index (χ1v) is 9.44. The number of nitrogens with zero attached hydrogens (tertiary/aromatic N) is 4. The maximum Gasteiger partial charge on any atom is 0.317 e. The monoisotopic (exact) mass is 363 g/mol. The normalized spacial score (nSPS) is 20.9. The van der Waals surface area contributed by atoms with E-state index in [0.717, 1.165) is 24.2 Å². The topological polar surface area (TPSA) is 79.7 Å². The van der Waals surface area contributed by atoms with Crippen LogP contribution in [-0.4, -0.2) is 77.2 Å². The molecule has 1 atom stereocenters. The lowest BCUT2D eigenvalue weighted by atomic mass is 9.96. The summed E-state index contributed by atoms with van der Waals surface area (Å²) in [4.78, 5) is 33.0. The molecule has 2 fully saturated rings. The van der Waals surface area contributed by atoms with Crippen molar-refractivity contribution in [3.05, 3.63) is 17.7 Å². The minimum atomic E-state index is -0.0915. The zero-order valence-electron chi connectivity index (χ0n) is 15.7. The maximum absolute atomic E-state index is 12.7. The largest absolute Gasteiger partial charge is 0.378 e. The van der Waals surface area contributed by atoms with Crippen LogP contribution in [0.25, 0.3) is 0 Å². The minimum Gasteiger partial charge on any atom is -0.378 e. The van der Waals surface area contributed by atoms with Crippen LogP contribution in [0.3, 0.4) is 0 Å². The van der Waals surface area contributed by atoms with Gasteiger partial charge in [-0.3, -0.25) is 4.79 Å². The van der Waals surface area contributed by atoms with Gasteiger partial charge in [-0.25, -0.2) is 9.78 Å². The quantitative estimate of drug-likeness (QED) is 0.857. The molecule has 0 spiro atoms. The fourth-order valence-corrected chi connectivity index (χ4v) is 3.57. The zero-order chi connectivity index (χ0) is 18.5. The van der Waals surface area contributed by atoms with Crippen molar-refractivity contribution in [1.82, 2.24) is 24.7 Å². The van der Waals surface area contributed by atoms with E-state index < -0.39 is 0 Å². The van der Waals surface area contributed by atoms with Crippen LogP contribution in [0, 0.1) is 19.8 Å². The van der Waals surface area contributed by atoms with E-state index in [-0.39, 0.29) is 17.9 Å². The molecule has 2 aliphatic rings. The number of imidazole rings is 1. The Morgan fingerprint density at radius 1 is 1.23 bits per heavy atom. The number of piperidine rings is 1. The molecule has 1 N–H and O–H groups in total. The smallest absolute Gasteiger partial charge is 0.317 e. The van der Waals surface area contributed by atoms with E-state index in [0.29, 0.717) is 52.5 Å². The van der Waals surface area contributed by atoms with Gasteiger partial charge in [0.05, 0.1) is 31.2 Å². The van der Waals surface area contributed by atoms with E-state index in [4.69, 9.17) is 4.74 Å². The minimum absolute atomic E-state index is 0.0843. The first-order valence-electron chi connectivity index (χ1n) is 9.44. The molecule has 144 valence electrons. The number of nitrogens with one attached hydrogen (secondary N) is 1. The summed E-state index contributed by atoms with van der Waals surface area (Å²) in [6.45, 7) is 8.99. The van der Waals surface area contributed by atoms with Gasteiger partial charge in [-0.2, -0.15) is 0 Å². The highest BCUT2D eigenvalue weighted by Gasteiger charge is 2.31. The van der Waals surface area contributed by atoms with E-state index in [2.05, 4.69) is 10.3 Å². The highest BCUT2D eigenvalue weighted by atomic mass is 16.5. The van der Waals surface area contributed by atoms with Crippen molar-refractivity contribution in [2.75, 3.05) is 45.9 Å². The third kappa shape index (κ3) is 4.35. The Morgan fingerprint density at radius 2 is 2.00 bits per heavy atom. The van der Waals surface area contributed by atoms with Crippen molar-refractivity contribution < 1.29 is 14.3 Å². The summed E-state index contributed by atoms with van der Waals surface area (Å²) in [6, 6.07) is -0.0843. The number of aromatic nitrogens is 2.